The quantitative estimate of drug-likeness (QED) is 0.654. The molecule has 0 N–H and O–H groups in total. The second-order valence-electron chi connectivity index (χ2n) is 7.66. The predicted octanol–water partition coefficient (Wildman–Crippen LogP) is 3.39. The van der Waals surface area contributed by atoms with Crippen LogP contribution in [0.2, 0.25) is 0 Å². The molecule has 156 valence electrons. The van der Waals surface area contributed by atoms with Gasteiger partial charge in [0, 0.05) is 26.2 Å². The Labute approximate surface area is 177 Å². The van der Waals surface area contributed by atoms with Gasteiger partial charge in [-0.15, -0.1) is 0 Å². The molecule has 2 heterocycles. The van der Waals surface area contributed by atoms with Crippen LogP contribution in [-0.4, -0.2) is 53.9 Å². The summed E-state index contributed by atoms with van der Waals surface area (Å²) in [7, 11) is 1.65. The van der Waals surface area contributed by atoms with Gasteiger partial charge in [0.15, 0.2) is 0 Å². The second kappa shape index (κ2) is 8.61. The molecule has 1 fully saturated rings. The molecule has 3 aromatic rings. The van der Waals surface area contributed by atoms with Crippen molar-refractivity contribution in [2.24, 2.45) is 0 Å². The Morgan fingerprint density at radius 2 is 1.63 bits per heavy atom. The molecule has 0 bridgehead atoms. The number of carbonyl (C=O) groups is 1. The van der Waals surface area contributed by atoms with E-state index in [1.54, 1.807) is 7.11 Å². The number of hydrogen-bond donors (Lipinski definition) is 0. The lowest BCUT2D eigenvalue weighted by Gasteiger charge is -2.36. The lowest BCUT2D eigenvalue weighted by molar-refractivity contribution is -0.130. The minimum atomic E-state index is 0.174. The van der Waals surface area contributed by atoms with Gasteiger partial charge in [0.2, 0.25) is 5.91 Å². The van der Waals surface area contributed by atoms with Crippen molar-refractivity contribution in [1.29, 1.82) is 0 Å². The zero-order valence-electron chi connectivity index (χ0n) is 17.8. The highest BCUT2D eigenvalue weighted by molar-refractivity contribution is 5.79. The van der Waals surface area contributed by atoms with Crippen molar-refractivity contribution in [3.63, 3.8) is 0 Å². The van der Waals surface area contributed by atoms with Gasteiger partial charge < -0.3 is 14.5 Å². The van der Waals surface area contributed by atoms with Gasteiger partial charge in [-0.05, 0) is 43.7 Å². The van der Waals surface area contributed by atoms with Crippen molar-refractivity contribution in [2.45, 2.75) is 20.3 Å². The molecule has 1 amide bonds. The van der Waals surface area contributed by atoms with E-state index in [0.29, 0.717) is 6.42 Å². The smallest absolute Gasteiger partial charge is 0.227 e. The fourth-order valence-corrected chi connectivity index (χ4v) is 4.12. The predicted molar refractivity (Wildman–Crippen MR) is 119 cm³/mol. The molecule has 4 rings (SSSR count). The summed E-state index contributed by atoms with van der Waals surface area (Å²) < 4.78 is 7.19. The van der Waals surface area contributed by atoms with Crippen LogP contribution in [0.1, 0.15) is 17.0 Å². The van der Waals surface area contributed by atoms with Crippen molar-refractivity contribution in [2.75, 3.05) is 38.2 Å². The summed E-state index contributed by atoms with van der Waals surface area (Å²) in [4.78, 5) is 17.1. The zero-order valence-corrected chi connectivity index (χ0v) is 17.8. The molecule has 0 unspecified atom stereocenters. The summed E-state index contributed by atoms with van der Waals surface area (Å²) in [5.41, 5.74) is 5.42. The largest absolute Gasteiger partial charge is 0.497 e. The molecule has 1 saturated heterocycles. The van der Waals surface area contributed by atoms with Crippen LogP contribution in [-0.2, 0) is 11.2 Å². The Bertz CT molecular complexity index is 1000. The van der Waals surface area contributed by atoms with E-state index in [0.717, 1.165) is 54.6 Å². The zero-order chi connectivity index (χ0) is 21.1. The van der Waals surface area contributed by atoms with Crippen molar-refractivity contribution in [3.8, 4) is 11.4 Å². The third-order valence-electron chi connectivity index (χ3n) is 5.72. The van der Waals surface area contributed by atoms with Gasteiger partial charge in [-0.2, -0.15) is 5.10 Å². The van der Waals surface area contributed by atoms with Gasteiger partial charge in [0.1, 0.15) is 5.75 Å². The van der Waals surface area contributed by atoms with Crippen LogP contribution in [0.15, 0.2) is 54.6 Å². The number of methoxy groups -OCH3 is 1. The number of carbonyl (C=O) groups excluding carboxylic acids is 1. The third-order valence-corrected chi connectivity index (χ3v) is 5.72. The van der Waals surface area contributed by atoms with Gasteiger partial charge in [0.05, 0.1) is 36.3 Å². The number of rotatable bonds is 5. The van der Waals surface area contributed by atoms with Crippen molar-refractivity contribution in [3.05, 3.63) is 71.5 Å². The molecule has 0 aliphatic carbocycles. The van der Waals surface area contributed by atoms with E-state index in [2.05, 4.69) is 30.9 Å². The molecular formula is C24H28N4O2. The number of ether oxygens (including phenoxy) is 1. The molecule has 1 aliphatic rings. The van der Waals surface area contributed by atoms with Crippen LogP contribution >= 0.6 is 0 Å². The van der Waals surface area contributed by atoms with E-state index < -0.39 is 0 Å². The normalized spacial score (nSPS) is 14.1. The monoisotopic (exact) mass is 404 g/mol. The fraction of sp³-hybridized carbons (Fsp3) is 0.333. The molecule has 0 saturated carbocycles. The first-order valence-corrected chi connectivity index (χ1v) is 10.3. The highest BCUT2D eigenvalue weighted by Crippen LogP contribution is 2.27. The lowest BCUT2D eigenvalue weighted by atomic mass is 10.1. The second-order valence-corrected chi connectivity index (χ2v) is 7.66. The maximum atomic E-state index is 12.7. The van der Waals surface area contributed by atoms with Crippen LogP contribution in [0.5, 0.6) is 5.75 Å². The van der Waals surface area contributed by atoms with Gasteiger partial charge in [-0.3, -0.25) is 4.79 Å². The topological polar surface area (TPSA) is 50.6 Å². The third kappa shape index (κ3) is 4.03. The maximum absolute atomic E-state index is 12.7. The van der Waals surface area contributed by atoms with Gasteiger partial charge in [-0.25, -0.2) is 4.68 Å². The molecular weight excluding hydrogens is 376 g/mol. The van der Waals surface area contributed by atoms with E-state index in [-0.39, 0.29) is 5.91 Å². The maximum Gasteiger partial charge on any atom is 0.227 e. The molecule has 1 aromatic heterocycles. The fourth-order valence-electron chi connectivity index (χ4n) is 4.12. The average Bonchev–Trinajstić information content (AvgIpc) is 3.09. The molecule has 0 radical (unpaired) electrons. The molecule has 1 aliphatic heterocycles. The summed E-state index contributed by atoms with van der Waals surface area (Å²) in [5, 5.41) is 4.76. The molecule has 30 heavy (non-hydrogen) atoms. The van der Waals surface area contributed by atoms with E-state index in [1.807, 2.05) is 52.0 Å². The van der Waals surface area contributed by atoms with Gasteiger partial charge in [-0.1, -0.05) is 30.3 Å². The number of nitrogens with zero attached hydrogens (tertiary/aromatic N) is 4. The number of benzene rings is 2. The Kier molecular flexibility index (Phi) is 5.74. The highest BCUT2D eigenvalue weighted by Gasteiger charge is 2.25. The summed E-state index contributed by atoms with van der Waals surface area (Å²) in [6.07, 6.45) is 0.425. The number of hydrogen-bond acceptors (Lipinski definition) is 4. The molecule has 0 spiro atoms. The number of aryl methyl sites for hydroxylation is 1. The molecule has 2 aromatic carbocycles. The molecule has 6 heteroatoms. The first kappa shape index (κ1) is 20.0. The van der Waals surface area contributed by atoms with Crippen LogP contribution in [0.25, 0.3) is 5.69 Å². The van der Waals surface area contributed by atoms with Crippen LogP contribution in [0, 0.1) is 13.8 Å². The average molecular weight is 405 g/mol. The first-order valence-electron chi connectivity index (χ1n) is 10.3. The Balaban J connectivity index is 1.41. The highest BCUT2D eigenvalue weighted by atomic mass is 16.5. The first-order chi connectivity index (χ1) is 14.6. The van der Waals surface area contributed by atoms with Gasteiger partial charge in [0.25, 0.3) is 0 Å². The number of aromatic nitrogens is 2. The summed E-state index contributed by atoms with van der Waals surface area (Å²) in [6, 6.07) is 17.9. The standard InChI is InChI=1S/C24H28N4O2/c1-18-24(19(2)28(25-18)21-7-5-4-6-8-21)27-15-13-26(14-16-27)23(29)17-20-9-11-22(30-3)12-10-20/h4-12H,13-17H2,1-3H3. The SMILES string of the molecule is COc1ccc(CC(=O)N2CCN(c3c(C)nn(-c4ccccc4)c3C)CC2)cc1. The summed E-state index contributed by atoms with van der Waals surface area (Å²) in [6.45, 7) is 7.26. The van der Waals surface area contributed by atoms with Gasteiger partial charge >= 0.3 is 0 Å². The minimum absolute atomic E-state index is 0.174. The Morgan fingerprint density at radius 3 is 2.27 bits per heavy atom. The van der Waals surface area contributed by atoms with Crippen LogP contribution in [0.3, 0.4) is 0 Å². The number of amides is 1. The molecule has 0 atom stereocenters. The number of piperazine rings is 1. The molecule has 6 nitrogen and oxygen atoms in total. The van der Waals surface area contributed by atoms with Crippen LogP contribution in [0.4, 0.5) is 5.69 Å². The summed E-state index contributed by atoms with van der Waals surface area (Å²) >= 11 is 0. The van der Waals surface area contributed by atoms with Crippen molar-refractivity contribution in [1.82, 2.24) is 14.7 Å². The van der Waals surface area contributed by atoms with Crippen molar-refractivity contribution < 1.29 is 9.53 Å². The Morgan fingerprint density at radius 1 is 0.967 bits per heavy atom. The minimum Gasteiger partial charge on any atom is -0.497 e. The van der Waals surface area contributed by atoms with Crippen LogP contribution < -0.4 is 9.64 Å². The number of anilines is 1. The number of para-hydroxylation sites is 1. The van der Waals surface area contributed by atoms with E-state index >= 15 is 0 Å². The summed E-state index contributed by atoms with van der Waals surface area (Å²) in [5.74, 6) is 0.981. The van der Waals surface area contributed by atoms with E-state index in [1.165, 1.54) is 5.69 Å². The van der Waals surface area contributed by atoms with Crippen molar-refractivity contribution >= 4 is 11.6 Å². The lowest BCUT2D eigenvalue weighted by Crippen LogP contribution is -2.49. The van der Waals surface area contributed by atoms with E-state index in [9.17, 15) is 4.79 Å². The Hall–Kier alpha value is -3.28. The van der Waals surface area contributed by atoms with E-state index in [4.69, 9.17) is 9.84 Å².